The van der Waals surface area contributed by atoms with Gasteiger partial charge in [0.2, 0.25) is 0 Å². The fourth-order valence-corrected chi connectivity index (χ4v) is 1.77. The van der Waals surface area contributed by atoms with Gasteiger partial charge in [-0.05, 0) is 32.1 Å². The van der Waals surface area contributed by atoms with E-state index >= 15 is 0 Å². The van der Waals surface area contributed by atoms with Crippen molar-refractivity contribution in [1.29, 1.82) is 0 Å². The Morgan fingerprint density at radius 2 is 1.88 bits per heavy atom. The minimum atomic E-state index is -0.653. The van der Waals surface area contributed by atoms with Gasteiger partial charge in [0, 0.05) is 38.6 Å². The zero-order valence-electron chi connectivity index (χ0n) is 10.2. The first kappa shape index (κ1) is 13.1. The van der Waals surface area contributed by atoms with E-state index in [4.69, 9.17) is 9.47 Å². The zero-order valence-corrected chi connectivity index (χ0v) is 10.2. The highest BCUT2D eigenvalue weighted by molar-refractivity contribution is 5.16. The van der Waals surface area contributed by atoms with E-state index in [2.05, 4.69) is 10.3 Å². The summed E-state index contributed by atoms with van der Waals surface area (Å²) in [6, 6.07) is 3.85. The van der Waals surface area contributed by atoms with Gasteiger partial charge in [-0.25, -0.2) is 0 Å². The Morgan fingerprint density at radius 3 is 2.38 bits per heavy atom. The van der Waals surface area contributed by atoms with Crippen molar-refractivity contribution in [2.24, 2.45) is 0 Å². The average molecular weight is 224 g/mol. The summed E-state index contributed by atoms with van der Waals surface area (Å²) in [4.78, 5) is 4.00. The molecule has 0 amide bonds. The van der Waals surface area contributed by atoms with Crippen molar-refractivity contribution in [3.63, 3.8) is 0 Å². The molecular weight excluding hydrogens is 204 g/mol. The van der Waals surface area contributed by atoms with Gasteiger partial charge in [0.1, 0.15) is 0 Å². The molecule has 0 bridgehead atoms. The molecule has 0 aliphatic heterocycles. The van der Waals surface area contributed by atoms with Crippen LogP contribution in [-0.4, -0.2) is 32.8 Å². The van der Waals surface area contributed by atoms with Crippen molar-refractivity contribution in [2.45, 2.75) is 18.6 Å². The summed E-state index contributed by atoms with van der Waals surface area (Å²) < 4.78 is 11.1. The third-order valence-electron chi connectivity index (χ3n) is 2.71. The molecule has 1 heterocycles. The maximum atomic E-state index is 5.54. The SMILES string of the molecule is CNCCCC(OC)(OC)c1ccncc1. The zero-order chi connectivity index (χ0) is 11.9. The van der Waals surface area contributed by atoms with E-state index in [1.54, 1.807) is 26.6 Å². The maximum absolute atomic E-state index is 5.54. The number of rotatable bonds is 7. The van der Waals surface area contributed by atoms with Crippen molar-refractivity contribution >= 4 is 0 Å². The number of hydrogen-bond donors (Lipinski definition) is 1. The summed E-state index contributed by atoms with van der Waals surface area (Å²) in [5, 5.41) is 3.12. The molecule has 1 aromatic rings. The number of aromatic nitrogens is 1. The predicted octanol–water partition coefficient (Wildman–Crippen LogP) is 1.53. The number of ether oxygens (including phenoxy) is 2. The van der Waals surface area contributed by atoms with Crippen LogP contribution in [0.1, 0.15) is 18.4 Å². The molecule has 0 aromatic carbocycles. The number of nitrogens with zero attached hydrogens (tertiary/aromatic N) is 1. The first-order valence-corrected chi connectivity index (χ1v) is 5.44. The second kappa shape index (κ2) is 6.58. The normalized spacial score (nSPS) is 11.7. The van der Waals surface area contributed by atoms with Crippen molar-refractivity contribution < 1.29 is 9.47 Å². The van der Waals surface area contributed by atoms with E-state index in [0.717, 1.165) is 24.9 Å². The average Bonchev–Trinajstić information content (AvgIpc) is 2.36. The molecule has 0 aliphatic carbocycles. The van der Waals surface area contributed by atoms with Crippen LogP contribution in [-0.2, 0) is 15.3 Å². The fraction of sp³-hybridized carbons (Fsp3) is 0.583. The van der Waals surface area contributed by atoms with E-state index < -0.39 is 5.79 Å². The Morgan fingerprint density at radius 1 is 1.25 bits per heavy atom. The fourth-order valence-electron chi connectivity index (χ4n) is 1.77. The van der Waals surface area contributed by atoms with Crippen LogP contribution in [0.2, 0.25) is 0 Å². The summed E-state index contributed by atoms with van der Waals surface area (Å²) in [6.45, 7) is 0.944. The number of nitrogens with one attached hydrogen (secondary N) is 1. The highest BCUT2D eigenvalue weighted by Gasteiger charge is 2.31. The molecular formula is C12H20N2O2. The molecule has 0 atom stereocenters. The second-order valence-electron chi connectivity index (χ2n) is 3.60. The van der Waals surface area contributed by atoms with Crippen LogP contribution in [0.15, 0.2) is 24.5 Å². The first-order valence-electron chi connectivity index (χ1n) is 5.44. The predicted molar refractivity (Wildman–Crippen MR) is 63.1 cm³/mol. The molecule has 0 spiro atoms. The van der Waals surface area contributed by atoms with E-state index in [-0.39, 0.29) is 0 Å². The number of pyridine rings is 1. The lowest BCUT2D eigenvalue weighted by molar-refractivity contribution is -0.220. The molecule has 0 saturated carbocycles. The number of hydrogen-bond acceptors (Lipinski definition) is 4. The van der Waals surface area contributed by atoms with Crippen LogP contribution >= 0.6 is 0 Å². The Labute approximate surface area is 97.0 Å². The third-order valence-corrected chi connectivity index (χ3v) is 2.71. The Hall–Kier alpha value is -0.970. The smallest absolute Gasteiger partial charge is 0.194 e. The molecule has 16 heavy (non-hydrogen) atoms. The quantitative estimate of drug-likeness (QED) is 0.563. The Balaban J connectivity index is 2.79. The largest absolute Gasteiger partial charge is 0.349 e. The van der Waals surface area contributed by atoms with E-state index in [9.17, 15) is 0 Å². The van der Waals surface area contributed by atoms with Gasteiger partial charge in [0.15, 0.2) is 5.79 Å². The monoisotopic (exact) mass is 224 g/mol. The minimum Gasteiger partial charge on any atom is -0.349 e. The summed E-state index contributed by atoms with van der Waals surface area (Å²) in [5.41, 5.74) is 1.00. The van der Waals surface area contributed by atoms with Crippen LogP contribution in [0.4, 0.5) is 0 Å². The molecule has 4 heteroatoms. The summed E-state index contributed by atoms with van der Waals surface area (Å²) in [6.07, 6.45) is 5.30. The van der Waals surface area contributed by atoms with Crippen LogP contribution in [0.3, 0.4) is 0 Å². The van der Waals surface area contributed by atoms with Gasteiger partial charge in [0.25, 0.3) is 0 Å². The lowest BCUT2D eigenvalue weighted by atomic mass is 10.0. The van der Waals surface area contributed by atoms with Crippen LogP contribution in [0, 0.1) is 0 Å². The first-order chi connectivity index (χ1) is 7.79. The Bertz CT molecular complexity index is 286. The second-order valence-corrected chi connectivity index (χ2v) is 3.60. The van der Waals surface area contributed by atoms with E-state index in [1.165, 1.54) is 0 Å². The van der Waals surface area contributed by atoms with Gasteiger partial charge in [-0.2, -0.15) is 0 Å². The summed E-state index contributed by atoms with van der Waals surface area (Å²) in [5.74, 6) is -0.653. The molecule has 0 unspecified atom stereocenters. The van der Waals surface area contributed by atoms with Crippen molar-refractivity contribution in [3.8, 4) is 0 Å². The van der Waals surface area contributed by atoms with Gasteiger partial charge in [0.05, 0.1) is 0 Å². The lowest BCUT2D eigenvalue weighted by Gasteiger charge is -2.31. The van der Waals surface area contributed by atoms with Gasteiger partial charge in [-0.15, -0.1) is 0 Å². The van der Waals surface area contributed by atoms with Gasteiger partial charge in [-0.1, -0.05) is 0 Å². The summed E-state index contributed by atoms with van der Waals surface area (Å²) in [7, 11) is 5.28. The molecule has 0 aliphatic rings. The van der Waals surface area contributed by atoms with Gasteiger partial charge in [-0.3, -0.25) is 4.98 Å². The molecule has 0 fully saturated rings. The van der Waals surface area contributed by atoms with Crippen molar-refractivity contribution in [2.75, 3.05) is 27.8 Å². The molecule has 1 aromatic heterocycles. The standard InChI is InChI=1S/C12H20N2O2/c1-13-8-4-7-12(15-2,16-3)11-5-9-14-10-6-11/h5-6,9-10,13H,4,7-8H2,1-3H3. The van der Waals surface area contributed by atoms with Crippen LogP contribution in [0.5, 0.6) is 0 Å². The van der Waals surface area contributed by atoms with Crippen molar-refractivity contribution in [3.05, 3.63) is 30.1 Å². The molecule has 0 saturated heterocycles. The Kier molecular flexibility index (Phi) is 5.38. The van der Waals surface area contributed by atoms with Crippen LogP contribution in [0.25, 0.3) is 0 Å². The highest BCUT2D eigenvalue weighted by atomic mass is 16.7. The minimum absolute atomic E-state index is 0.653. The third kappa shape index (κ3) is 3.01. The molecule has 1 N–H and O–H groups in total. The van der Waals surface area contributed by atoms with Gasteiger partial charge >= 0.3 is 0 Å². The van der Waals surface area contributed by atoms with Crippen molar-refractivity contribution in [1.82, 2.24) is 10.3 Å². The lowest BCUT2D eigenvalue weighted by Crippen LogP contribution is -2.31. The topological polar surface area (TPSA) is 43.4 Å². The van der Waals surface area contributed by atoms with E-state index in [1.807, 2.05) is 19.2 Å². The molecule has 90 valence electrons. The number of methoxy groups -OCH3 is 2. The van der Waals surface area contributed by atoms with Gasteiger partial charge < -0.3 is 14.8 Å². The molecule has 0 radical (unpaired) electrons. The molecule has 1 rings (SSSR count). The summed E-state index contributed by atoms with van der Waals surface area (Å²) >= 11 is 0. The highest BCUT2D eigenvalue weighted by Crippen LogP contribution is 2.30. The van der Waals surface area contributed by atoms with E-state index in [0.29, 0.717) is 0 Å². The van der Waals surface area contributed by atoms with Crippen LogP contribution < -0.4 is 5.32 Å². The molecule has 4 nitrogen and oxygen atoms in total. The maximum Gasteiger partial charge on any atom is 0.194 e.